The van der Waals surface area contributed by atoms with E-state index in [0.29, 0.717) is 0 Å². The van der Waals surface area contributed by atoms with Crippen LogP contribution in [0, 0.1) is 0 Å². The summed E-state index contributed by atoms with van der Waals surface area (Å²) in [6.45, 7) is 7.17. The molecule has 0 radical (unpaired) electrons. The zero-order valence-electron chi connectivity index (χ0n) is 8.98. The first-order valence-electron chi connectivity index (χ1n) is 4.60. The highest BCUT2D eigenvalue weighted by molar-refractivity contribution is 5.68. The summed E-state index contributed by atoms with van der Waals surface area (Å²) < 4.78 is 10.0. The molecule has 1 aliphatic rings. The number of hydrogen-bond acceptors (Lipinski definition) is 4. The topological polar surface area (TPSA) is 59.0 Å². The second-order valence-corrected chi connectivity index (χ2v) is 4.38. The van der Waals surface area contributed by atoms with Crippen LogP contribution in [0.1, 0.15) is 27.7 Å². The van der Waals surface area contributed by atoms with Gasteiger partial charge in [-0.3, -0.25) is 4.90 Å². The van der Waals surface area contributed by atoms with Crippen LogP contribution in [-0.4, -0.2) is 40.8 Å². The summed E-state index contributed by atoms with van der Waals surface area (Å²) in [6, 6.07) is -0.357. The van der Waals surface area contributed by atoms with Gasteiger partial charge in [0, 0.05) is 0 Å². The minimum absolute atomic E-state index is 0.0806. The summed E-state index contributed by atoms with van der Waals surface area (Å²) in [5.74, 6) is 0. The van der Waals surface area contributed by atoms with Crippen LogP contribution in [0.15, 0.2) is 0 Å². The summed E-state index contributed by atoms with van der Waals surface area (Å²) in [6.07, 6.45) is -1.37. The van der Waals surface area contributed by atoms with Crippen molar-refractivity contribution in [1.29, 1.82) is 0 Å². The fourth-order valence-electron chi connectivity index (χ4n) is 1.11. The van der Waals surface area contributed by atoms with Gasteiger partial charge < -0.3 is 14.6 Å². The summed E-state index contributed by atoms with van der Waals surface area (Å²) in [7, 11) is 0. The minimum Gasteiger partial charge on any atom is -0.444 e. The number of rotatable bonds is 0. The zero-order valence-corrected chi connectivity index (χ0v) is 8.98. The van der Waals surface area contributed by atoms with Crippen molar-refractivity contribution in [2.45, 2.75) is 45.6 Å². The standard InChI is InChI=1S/C9H17NO4/c1-6-7(11)13-5-10(6)8(12)14-9(2,3)4/h6-7,11H,5H2,1-4H3/t6-,7?/m0/s1. The molecule has 0 aromatic heterocycles. The Morgan fingerprint density at radius 3 is 2.50 bits per heavy atom. The van der Waals surface area contributed by atoms with Crippen LogP contribution < -0.4 is 0 Å². The Bertz CT molecular complexity index is 223. The molecule has 5 nitrogen and oxygen atoms in total. The quantitative estimate of drug-likeness (QED) is 0.636. The van der Waals surface area contributed by atoms with Crippen LogP contribution in [0.3, 0.4) is 0 Å². The van der Waals surface area contributed by atoms with Crippen molar-refractivity contribution in [3.05, 3.63) is 0 Å². The van der Waals surface area contributed by atoms with E-state index in [1.165, 1.54) is 4.90 Å². The van der Waals surface area contributed by atoms with Gasteiger partial charge in [0.15, 0.2) is 6.29 Å². The number of amides is 1. The third-order valence-corrected chi connectivity index (χ3v) is 1.92. The maximum absolute atomic E-state index is 11.5. The molecular weight excluding hydrogens is 186 g/mol. The zero-order chi connectivity index (χ0) is 10.9. The SMILES string of the molecule is C[C@H]1C(O)OCN1C(=O)OC(C)(C)C. The molecule has 0 bridgehead atoms. The summed E-state index contributed by atoms with van der Waals surface area (Å²) in [5, 5.41) is 9.24. The lowest BCUT2D eigenvalue weighted by atomic mass is 10.2. The molecule has 2 atom stereocenters. The van der Waals surface area contributed by atoms with Gasteiger partial charge in [-0.2, -0.15) is 0 Å². The third kappa shape index (κ3) is 2.59. The van der Waals surface area contributed by atoms with E-state index in [1.807, 2.05) is 0 Å². The fraction of sp³-hybridized carbons (Fsp3) is 0.889. The van der Waals surface area contributed by atoms with E-state index in [-0.39, 0.29) is 12.8 Å². The number of nitrogens with zero attached hydrogens (tertiary/aromatic N) is 1. The van der Waals surface area contributed by atoms with Crippen molar-refractivity contribution < 1.29 is 19.4 Å². The van der Waals surface area contributed by atoms with Crippen LogP contribution in [0.5, 0.6) is 0 Å². The first-order valence-corrected chi connectivity index (χ1v) is 4.60. The Hall–Kier alpha value is -0.810. The Balaban J connectivity index is 2.54. The molecular formula is C9H17NO4. The minimum atomic E-state index is -0.914. The highest BCUT2D eigenvalue weighted by atomic mass is 16.6. The van der Waals surface area contributed by atoms with Gasteiger partial charge in [0.2, 0.25) is 0 Å². The lowest BCUT2D eigenvalue weighted by Crippen LogP contribution is -2.40. The van der Waals surface area contributed by atoms with E-state index in [1.54, 1.807) is 27.7 Å². The van der Waals surface area contributed by atoms with E-state index in [9.17, 15) is 9.90 Å². The molecule has 0 aromatic carbocycles. The molecule has 1 aliphatic heterocycles. The molecule has 82 valence electrons. The second-order valence-electron chi connectivity index (χ2n) is 4.38. The molecule has 1 unspecified atom stereocenters. The molecule has 1 fully saturated rings. The lowest BCUT2D eigenvalue weighted by Gasteiger charge is -2.25. The van der Waals surface area contributed by atoms with Crippen molar-refractivity contribution in [3.8, 4) is 0 Å². The van der Waals surface area contributed by atoms with Gasteiger partial charge in [-0.15, -0.1) is 0 Å². The van der Waals surface area contributed by atoms with Crippen LogP contribution in [0.2, 0.25) is 0 Å². The molecule has 1 saturated heterocycles. The predicted octanol–water partition coefficient (Wildman–Crippen LogP) is 0.918. The van der Waals surface area contributed by atoms with Crippen LogP contribution in [0.25, 0.3) is 0 Å². The first-order chi connectivity index (χ1) is 6.31. The number of carbonyl (C=O) groups is 1. The maximum atomic E-state index is 11.5. The van der Waals surface area contributed by atoms with Crippen LogP contribution in [0.4, 0.5) is 4.79 Å². The van der Waals surface area contributed by atoms with Gasteiger partial charge >= 0.3 is 6.09 Å². The van der Waals surface area contributed by atoms with Crippen molar-refractivity contribution >= 4 is 6.09 Å². The average molecular weight is 203 g/mol. The molecule has 1 N–H and O–H groups in total. The molecule has 1 amide bonds. The molecule has 0 aliphatic carbocycles. The molecule has 5 heteroatoms. The van der Waals surface area contributed by atoms with E-state index in [2.05, 4.69) is 0 Å². The van der Waals surface area contributed by atoms with Gasteiger partial charge in [0.25, 0.3) is 0 Å². The summed E-state index contributed by atoms with van der Waals surface area (Å²) in [5.41, 5.74) is -0.523. The van der Waals surface area contributed by atoms with E-state index >= 15 is 0 Å². The highest BCUT2D eigenvalue weighted by Crippen LogP contribution is 2.18. The average Bonchev–Trinajstić information content (AvgIpc) is 2.29. The normalized spacial score (nSPS) is 27.9. The molecule has 1 heterocycles. The molecule has 0 spiro atoms. The number of hydrogen-bond donors (Lipinski definition) is 1. The lowest BCUT2D eigenvalue weighted by molar-refractivity contribution is -0.0650. The molecule has 14 heavy (non-hydrogen) atoms. The van der Waals surface area contributed by atoms with Crippen molar-refractivity contribution in [2.75, 3.05) is 6.73 Å². The second kappa shape index (κ2) is 3.74. The summed E-state index contributed by atoms with van der Waals surface area (Å²) in [4.78, 5) is 12.9. The number of aliphatic hydroxyl groups is 1. The van der Waals surface area contributed by atoms with E-state index in [0.717, 1.165) is 0 Å². The van der Waals surface area contributed by atoms with Crippen molar-refractivity contribution in [3.63, 3.8) is 0 Å². The van der Waals surface area contributed by atoms with Crippen molar-refractivity contribution in [1.82, 2.24) is 4.90 Å². The predicted molar refractivity (Wildman–Crippen MR) is 49.5 cm³/mol. The molecule has 1 rings (SSSR count). The number of ether oxygens (including phenoxy) is 2. The smallest absolute Gasteiger partial charge is 0.412 e. The van der Waals surface area contributed by atoms with Crippen LogP contribution >= 0.6 is 0 Å². The number of carbonyl (C=O) groups excluding carboxylic acids is 1. The Morgan fingerprint density at radius 2 is 2.14 bits per heavy atom. The van der Waals surface area contributed by atoms with Gasteiger partial charge in [-0.1, -0.05) is 0 Å². The van der Waals surface area contributed by atoms with Gasteiger partial charge in [-0.25, -0.2) is 4.79 Å². The van der Waals surface area contributed by atoms with E-state index in [4.69, 9.17) is 9.47 Å². The van der Waals surface area contributed by atoms with Crippen molar-refractivity contribution in [2.24, 2.45) is 0 Å². The Kier molecular flexibility index (Phi) is 3.01. The summed E-state index contributed by atoms with van der Waals surface area (Å²) >= 11 is 0. The maximum Gasteiger partial charge on any atom is 0.412 e. The fourth-order valence-corrected chi connectivity index (χ4v) is 1.11. The van der Waals surface area contributed by atoms with Gasteiger partial charge in [-0.05, 0) is 27.7 Å². The van der Waals surface area contributed by atoms with Crippen LogP contribution in [-0.2, 0) is 9.47 Å². The van der Waals surface area contributed by atoms with Gasteiger partial charge in [0.05, 0.1) is 6.04 Å². The molecule has 0 saturated carbocycles. The van der Waals surface area contributed by atoms with E-state index < -0.39 is 18.0 Å². The molecule has 0 aromatic rings. The monoisotopic (exact) mass is 203 g/mol. The third-order valence-electron chi connectivity index (χ3n) is 1.92. The Labute approximate surface area is 83.6 Å². The Morgan fingerprint density at radius 1 is 1.57 bits per heavy atom. The number of aliphatic hydroxyl groups excluding tert-OH is 1. The van der Waals surface area contributed by atoms with Gasteiger partial charge in [0.1, 0.15) is 12.3 Å². The largest absolute Gasteiger partial charge is 0.444 e. The first kappa shape index (κ1) is 11.3. The highest BCUT2D eigenvalue weighted by Gasteiger charge is 2.35.